The molecule has 5 heteroatoms. The highest BCUT2D eigenvalue weighted by atomic mass is 35.5. The number of aromatic nitrogens is 2. The monoisotopic (exact) mass is 212 g/mol. The van der Waals surface area contributed by atoms with Crippen molar-refractivity contribution in [3.05, 3.63) is 16.9 Å². The van der Waals surface area contributed by atoms with Crippen molar-refractivity contribution in [2.45, 2.75) is 6.92 Å². The van der Waals surface area contributed by atoms with E-state index in [1.165, 1.54) is 6.07 Å². The van der Waals surface area contributed by atoms with Gasteiger partial charge in [0, 0.05) is 13.1 Å². The van der Waals surface area contributed by atoms with Crippen LogP contribution < -0.4 is 0 Å². The standard InChI is InChI=1S/C9H9ClN2O2/c1-4-11-5-3-6(13)9(14)7(10)8(5)12(4)2/h3,13-14H,1-2H3. The number of imidazole rings is 1. The Kier molecular flexibility index (Phi) is 1.82. The van der Waals surface area contributed by atoms with E-state index in [4.69, 9.17) is 11.6 Å². The van der Waals surface area contributed by atoms with Crippen LogP contribution in [0.4, 0.5) is 0 Å². The quantitative estimate of drug-likeness (QED) is 0.657. The Balaban J connectivity index is 2.99. The smallest absolute Gasteiger partial charge is 0.178 e. The van der Waals surface area contributed by atoms with Crippen molar-refractivity contribution in [2.24, 2.45) is 7.05 Å². The number of aryl methyl sites for hydroxylation is 2. The zero-order valence-electron chi connectivity index (χ0n) is 7.74. The van der Waals surface area contributed by atoms with E-state index in [1.54, 1.807) is 11.6 Å². The van der Waals surface area contributed by atoms with E-state index in [0.717, 1.165) is 5.82 Å². The molecule has 1 aromatic carbocycles. The van der Waals surface area contributed by atoms with Crippen molar-refractivity contribution in [1.82, 2.24) is 9.55 Å². The fourth-order valence-corrected chi connectivity index (χ4v) is 1.74. The van der Waals surface area contributed by atoms with Crippen LogP contribution in [0.3, 0.4) is 0 Å². The molecule has 4 nitrogen and oxygen atoms in total. The zero-order valence-corrected chi connectivity index (χ0v) is 8.50. The number of nitrogens with zero attached hydrogens (tertiary/aromatic N) is 2. The molecule has 0 bridgehead atoms. The number of halogens is 1. The summed E-state index contributed by atoms with van der Waals surface area (Å²) in [5.74, 6) is 0.217. The van der Waals surface area contributed by atoms with Gasteiger partial charge < -0.3 is 14.8 Å². The summed E-state index contributed by atoms with van der Waals surface area (Å²) >= 11 is 5.88. The SMILES string of the molecule is Cc1nc2cc(O)c(O)c(Cl)c2n1C. The third kappa shape index (κ3) is 1.04. The van der Waals surface area contributed by atoms with E-state index in [9.17, 15) is 10.2 Å². The van der Waals surface area contributed by atoms with E-state index in [1.807, 2.05) is 6.92 Å². The second-order valence-electron chi connectivity index (χ2n) is 3.14. The first-order chi connectivity index (χ1) is 6.52. The lowest BCUT2D eigenvalue weighted by molar-refractivity contribution is 0.405. The number of phenols is 2. The largest absolute Gasteiger partial charge is 0.504 e. The predicted molar refractivity (Wildman–Crippen MR) is 53.8 cm³/mol. The Labute approximate surface area is 85.4 Å². The van der Waals surface area contributed by atoms with Crippen LogP contribution in [-0.2, 0) is 7.05 Å². The molecule has 0 radical (unpaired) electrons. The number of phenolic OH excluding ortho intramolecular Hbond substituents is 2. The molecule has 2 aromatic rings. The molecule has 0 spiro atoms. The minimum absolute atomic E-state index is 0.128. The van der Waals surface area contributed by atoms with Crippen LogP contribution in [0, 0.1) is 6.92 Å². The van der Waals surface area contributed by atoms with Crippen molar-refractivity contribution in [3.8, 4) is 11.5 Å². The average Bonchev–Trinajstić information content (AvgIpc) is 2.39. The number of aromatic hydroxyl groups is 2. The van der Waals surface area contributed by atoms with Gasteiger partial charge in [0.15, 0.2) is 11.5 Å². The Morgan fingerprint density at radius 3 is 2.71 bits per heavy atom. The van der Waals surface area contributed by atoms with Gasteiger partial charge in [0.2, 0.25) is 0 Å². The minimum atomic E-state index is -0.304. The van der Waals surface area contributed by atoms with E-state index >= 15 is 0 Å². The van der Waals surface area contributed by atoms with Crippen LogP contribution in [0.2, 0.25) is 5.02 Å². The molecule has 0 aliphatic carbocycles. The lowest BCUT2D eigenvalue weighted by atomic mass is 10.2. The molecule has 0 aliphatic rings. The van der Waals surface area contributed by atoms with Crippen LogP contribution in [-0.4, -0.2) is 19.8 Å². The third-order valence-corrected chi connectivity index (χ3v) is 2.64. The first kappa shape index (κ1) is 9.15. The molecule has 2 N–H and O–H groups in total. The summed E-state index contributed by atoms with van der Waals surface area (Å²) < 4.78 is 1.76. The van der Waals surface area contributed by atoms with E-state index in [0.29, 0.717) is 11.0 Å². The number of hydrogen-bond donors (Lipinski definition) is 2. The fraction of sp³-hybridized carbons (Fsp3) is 0.222. The number of benzene rings is 1. The molecule has 0 saturated heterocycles. The van der Waals surface area contributed by atoms with Gasteiger partial charge in [0.05, 0.1) is 11.0 Å². The molecular formula is C9H9ClN2O2. The second-order valence-corrected chi connectivity index (χ2v) is 3.52. The summed E-state index contributed by atoms with van der Waals surface area (Å²) in [7, 11) is 1.80. The van der Waals surface area contributed by atoms with Crippen molar-refractivity contribution in [3.63, 3.8) is 0 Å². The van der Waals surface area contributed by atoms with Crippen LogP contribution in [0.25, 0.3) is 11.0 Å². The molecule has 14 heavy (non-hydrogen) atoms. The number of hydrogen-bond acceptors (Lipinski definition) is 3. The summed E-state index contributed by atoms with van der Waals surface area (Å²) in [6.07, 6.45) is 0. The van der Waals surface area contributed by atoms with Crippen LogP contribution in [0.5, 0.6) is 11.5 Å². The van der Waals surface area contributed by atoms with Gasteiger partial charge >= 0.3 is 0 Å². The van der Waals surface area contributed by atoms with E-state index in [-0.39, 0.29) is 16.5 Å². The summed E-state index contributed by atoms with van der Waals surface area (Å²) in [5, 5.41) is 18.9. The summed E-state index contributed by atoms with van der Waals surface area (Å²) in [6.45, 7) is 1.82. The van der Waals surface area contributed by atoms with Crippen molar-refractivity contribution in [2.75, 3.05) is 0 Å². The Morgan fingerprint density at radius 1 is 1.43 bits per heavy atom. The lowest BCUT2D eigenvalue weighted by Gasteiger charge is -2.03. The fourth-order valence-electron chi connectivity index (χ4n) is 1.42. The van der Waals surface area contributed by atoms with E-state index in [2.05, 4.69) is 4.98 Å². The minimum Gasteiger partial charge on any atom is -0.504 e. The molecule has 2 rings (SSSR count). The van der Waals surface area contributed by atoms with Gasteiger partial charge in [0.1, 0.15) is 10.8 Å². The Hall–Kier alpha value is -1.42. The molecule has 0 atom stereocenters. The van der Waals surface area contributed by atoms with Crippen molar-refractivity contribution < 1.29 is 10.2 Å². The van der Waals surface area contributed by atoms with E-state index < -0.39 is 0 Å². The summed E-state index contributed by atoms with van der Waals surface area (Å²) in [6, 6.07) is 1.39. The molecule has 0 aliphatic heterocycles. The highest BCUT2D eigenvalue weighted by Gasteiger charge is 2.15. The molecule has 1 heterocycles. The average molecular weight is 213 g/mol. The first-order valence-electron chi connectivity index (χ1n) is 4.06. The molecule has 0 saturated carbocycles. The number of fused-ring (bicyclic) bond motifs is 1. The first-order valence-corrected chi connectivity index (χ1v) is 4.43. The van der Waals surface area contributed by atoms with Crippen LogP contribution in [0.15, 0.2) is 6.07 Å². The highest BCUT2D eigenvalue weighted by Crippen LogP contribution is 2.39. The molecule has 0 amide bonds. The van der Waals surface area contributed by atoms with Gasteiger partial charge in [-0.2, -0.15) is 0 Å². The van der Waals surface area contributed by atoms with Crippen LogP contribution >= 0.6 is 11.6 Å². The maximum atomic E-state index is 9.41. The molecule has 1 aromatic heterocycles. The number of rotatable bonds is 0. The Bertz CT molecular complexity index is 519. The third-order valence-electron chi connectivity index (χ3n) is 2.28. The maximum absolute atomic E-state index is 9.41. The van der Waals surface area contributed by atoms with Gasteiger partial charge in [0.25, 0.3) is 0 Å². The van der Waals surface area contributed by atoms with Gasteiger partial charge in [-0.15, -0.1) is 0 Å². The maximum Gasteiger partial charge on any atom is 0.178 e. The lowest BCUT2D eigenvalue weighted by Crippen LogP contribution is -1.90. The molecule has 0 unspecified atom stereocenters. The molecular weight excluding hydrogens is 204 g/mol. The normalized spacial score (nSPS) is 11.1. The van der Waals surface area contributed by atoms with Gasteiger partial charge in [-0.1, -0.05) is 11.6 Å². The summed E-state index contributed by atoms with van der Waals surface area (Å²) in [5.41, 5.74) is 1.20. The topological polar surface area (TPSA) is 58.3 Å². The molecule has 0 fully saturated rings. The summed E-state index contributed by atoms with van der Waals surface area (Å²) in [4.78, 5) is 4.18. The van der Waals surface area contributed by atoms with Gasteiger partial charge in [-0.25, -0.2) is 4.98 Å². The second kappa shape index (κ2) is 2.78. The van der Waals surface area contributed by atoms with Gasteiger partial charge in [-0.3, -0.25) is 0 Å². The van der Waals surface area contributed by atoms with Crippen molar-refractivity contribution >= 4 is 22.6 Å². The highest BCUT2D eigenvalue weighted by molar-refractivity contribution is 6.36. The zero-order chi connectivity index (χ0) is 10.5. The predicted octanol–water partition coefficient (Wildman–Crippen LogP) is 1.95. The van der Waals surface area contributed by atoms with Crippen LogP contribution in [0.1, 0.15) is 5.82 Å². The van der Waals surface area contributed by atoms with Crippen molar-refractivity contribution in [1.29, 1.82) is 0 Å². The molecule has 74 valence electrons. The van der Waals surface area contributed by atoms with Gasteiger partial charge in [-0.05, 0) is 6.92 Å². The Morgan fingerprint density at radius 2 is 2.07 bits per heavy atom.